The molecule has 0 radical (unpaired) electrons. The van der Waals surface area contributed by atoms with Gasteiger partial charge in [0.1, 0.15) is 5.50 Å². The van der Waals surface area contributed by atoms with Crippen molar-refractivity contribution in [2.45, 2.75) is 18.2 Å². The maximum absolute atomic E-state index is 12.5. The van der Waals surface area contributed by atoms with Crippen LogP contribution in [0.25, 0.3) is 0 Å². The van der Waals surface area contributed by atoms with Crippen LogP contribution in [0, 0.1) is 0 Å². The van der Waals surface area contributed by atoms with Gasteiger partial charge in [0.2, 0.25) is 0 Å². The summed E-state index contributed by atoms with van der Waals surface area (Å²) in [6.45, 7) is 0.384. The zero-order valence-corrected chi connectivity index (χ0v) is 9.63. The van der Waals surface area contributed by atoms with Gasteiger partial charge in [0.15, 0.2) is 0 Å². The molecule has 2 nitrogen and oxygen atoms in total. The van der Waals surface area contributed by atoms with E-state index in [2.05, 4.69) is 0 Å². The lowest BCUT2D eigenvalue weighted by molar-refractivity contribution is -0.137. The quantitative estimate of drug-likeness (QED) is 0.886. The molecule has 1 heterocycles. The lowest BCUT2D eigenvalue weighted by Crippen LogP contribution is -2.31. The standard InChI is InChI=1S/C11H11F3N2S/c12-11(13,14)9-3-1-2-8(6-9)7-16-4-5-17-10(16)15/h1-6,10H,7,15H2. The lowest BCUT2D eigenvalue weighted by atomic mass is 10.1. The van der Waals surface area contributed by atoms with Gasteiger partial charge in [-0.05, 0) is 23.1 Å². The third kappa shape index (κ3) is 2.95. The smallest absolute Gasteiger partial charge is 0.349 e. The molecule has 0 saturated carbocycles. The van der Waals surface area contributed by atoms with E-state index in [1.165, 1.54) is 17.8 Å². The SMILES string of the molecule is NC1SC=CN1Cc1cccc(C(F)(F)F)c1. The van der Waals surface area contributed by atoms with Crippen LogP contribution in [0.4, 0.5) is 13.2 Å². The van der Waals surface area contributed by atoms with Gasteiger partial charge in [-0.1, -0.05) is 23.9 Å². The summed E-state index contributed by atoms with van der Waals surface area (Å²) in [5.74, 6) is 0. The molecule has 1 atom stereocenters. The Hall–Kier alpha value is -1.14. The molecule has 0 amide bonds. The Balaban J connectivity index is 2.14. The summed E-state index contributed by atoms with van der Waals surface area (Å²) in [6, 6.07) is 5.30. The van der Waals surface area contributed by atoms with E-state index < -0.39 is 11.7 Å². The first kappa shape index (κ1) is 12.3. The molecule has 1 aliphatic heterocycles. The summed E-state index contributed by atoms with van der Waals surface area (Å²) in [5.41, 5.74) is 5.51. The van der Waals surface area contributed by atoms with Crippen molar-refractivity contribution in [1.29, 1.82) is 0 Å². The number of nitrogens with zero attached hydrogens (tertiary/aromatic N) is 1. The number of halogens is 3. The Labute approximate surface area is 101 Å². The van der Waals surface area contributed by atoms with Gasteiger partial charge < -0.3 is 10.6 Å². The predicted molar refractivity (Wildman–Crippen MR) is 61.7 cm³/mol. The van der Waals surface area contributed by atoms with Crippen molar-refractivity contribution >= 4 is 11.8 Å². The Bertz CT molecular complexity index is 431. The molecule has 0 aliphatic carbocycles. The molecule has 1 aromatic carbocycles. The molecular weight excluding hydrogens is 249 g/mol. The maximum Gasteiger partial charge on any atom is 0.416 e. The monoisotopic (exact) mass is 260 g/mol. The summed E-state index contributed by atoms with van der Waals surface area (Å²) in [4.78, 5) is 1.79. The van der Waals surface area contributed by atoms with E-state index in [0.717, 1.165) is 12.1 Å². The summed E-state index contributed by atoms with van der Waals surface area (Å²) < 4.78 is 37.5. The number of alkyl halides is 3. The second kappa shape index (κ2) is 4.62. The molecule has 1 aromatic rings. The van der Waals surface area contributed by atoms with E-state index in [0.29, 0.717) is 12.1 Å². The van der Waals surface area contributed by atoms with E-state index in [1.54, 1.807) is 17.2 Å². The number of benzene rings is 1. The highest BCUT2D eigenvalue weighted by molar-refractivity contribution is 8.02. The van der Waals surface area contributed by atoms with Crippen LogP contribution >= 0.6 is 11.8 Å². The van der Waals surface area contributed by atoms with Crippen molar-refractivity contribution in [3.05, 3.63) is 47.0 Å². The molecule has 6 heteroatoms. The second-order valence-electron chi connectivity index (χ2n) is 3.68. The van der Waals surface area contributed by atoms with Crippen LogP contribution in [0.2, 0.25) is 0 Å². The Morgan fingerprint density at radius 1 is 1.35 bits per heavy atom. The van der Waals surface area contributed by atoms with Crippen molar-refractivity contribution < 1.29 is 13.2 Å². The molecule has 1 unspecified atom stereocenters. The number of hydrogen-bond donors (Lipinski definition) is 1. The molecule has 0 spiro atoms. The van der Waals surface area contributed by atoms with Crippen LogP contribution in [0.1, 0.15) is 11.1 Å². The van der Waals surface area contributed by atoms with Crippen LogP contribution in [-0.4, -0.2) is 10.4 Å². The highest BCUT2D eigenvalue weighted by Crippen LogP contribution is 2.30. The molecule has 0 bridgehead atoms. The fourth-order valence-electron chi connectivity index (χ4n) is 1.56. The molecule has 0 aromatic heterocycles. The summed E-state index contributed by atoms with van der Waals surface area (Å²) in [5, 5.41) is 1.83. The van der Waals surface area contributed by atoms with Gasteiger partial charge in [-0.15, -0.1) is 0 Å². The lowest BCUT2D eigenvalue weighted by Gasteiger charge is -2.21. The molecule has 92 valence electrons. The maximum atomic E-state index is 12.5. The van der Waals surface area contributed by atoms with E-state index >= 15 is 0 Å². The fourth-order valence-corrected chi connectivity index (χ4v) is 2.25. The van der Waals surface area contributed by atoms with Crippen molar-refractivity contribution in [2.75, 3.05) is 0 Å². The average Bonchev–Trinajstić information content (AvgIpc) is 2.64. The average molecular weight is 260 g/mol. The minimum atomic E-state index is -4.30. The van der Waals surface area contributed by atoms with Crippen LogP contribution in [0.5, 0.6) is 0 Å². The van der Waals surface area contributed by atoms with E-state index in [-0.39, 0.29) is 5.50 Å². The predicted octanol–water partition coefficient (Wildman–Crippen LogP) is 2.97. The van der Waals surface area contributed by atoms with Gasteiger partial charge in [-0.3, -0.25) is 0 Å². The van der Waals surface area contributed by atoms with Crippen LogP contribution in [0.15, 0.2) is 35.9 Å². The topological polar surface area (TPSA) is 29.3 Å². The van der Waals surface area contributed by atoms with Gasteiger partial charge in [0.25, 0.3) is 0 Å². The summed E-state index contributed by atoms with van der Waals surface area (Å²) >= 11 is 1.44. The van der Waals surface area contributed by atoms with Gasteiger partial charge in [0, 0.05) is 12.7 Å². The van der Waals surface area contributed by atoms with Gasteiger partial charge >= 0.3 is 6.18 Å². The Kier molecular flexibility index (Phi) is 3.35. The first-order valence-electron chi connectivity index (χ1n) is 4.96. The normalized spacial score (nSPS) is 20.0. The van der Waals surface area contributed by atoms with E-state index in [1.807, 2.05) is 5.41 Å². The number of hydrogen-bond acceptors (Lipinski definition) is 3. The van der Waals surface area contributed by atoms with Crippen molar-refractivity contribution in [1.82, 2.24) is 4.90 Å². The fraction of sp³-hybridized carbons (Fsp3) is 0.273. The number of rotatable bonds is 2. The van der Waals surface area contributed by atoms with Crippen molar-refractivity contribution in [3.8, 4) is 0 Å². The van der Waals surface area contributed by atoms with Crippen LogP contribution in [0.3, 0.4) is 0 Å². The van der Waals surface area contributed by atoms with E-state index in [9.17, 15) is 13.2 Å². The third-order valence-corrected chi connectivity index (χ3v) is 3.25. The van der Waals surface area contributed by atoms with Gasteiger partial charge in [-0.25, -0.2) is 0 Å². The van der Waals surface area contributed by atoms with Crippen LogP contribution < -0.4 is 5.73 Å². The van der Waals surface area contributed by atoms with Gasteiger partial charge in [-0.2, -0.15) is 13.2 Å². The largest absolute Gasteiger partial charge is 0.416 e. The minimum Gasteiger partial charge on any atom is -0.349 e. The first-order valence-corrected chi connectivity index (χ1v) is 5.91. The zero-order valence-electron chi connectivity index (χ0n) is 8.82. The Morgan fingerprint density at radius 2 is 2.12 bits per heavy atom. The highest BCUT2D eigenvalue weighted by atomic mass is 32.2. The zero-order chi connectivity index (χ0) is 12.5. The molecule has 1 aliphatic rings. The number of thioether (sulfide) groups is 1. The molecule has 17 heavy (non-hydrogen) atoms. The second-order valence-corrected chi connectivity index (χ2v) is 4.71. The molecule has 0 fully saturated rings. The van der Waals surface area contributed by atoms with E-state index in [4.69, 9.17) is 5.73 Å². The third-order valence-electron chi connectivity index (χ3n) is 2.42. The Morgan fingerprint density at radius 3 is 2.71 bits per heavy atom. The highest BCUT2D eigenvalue weighted by Gasteiger charge is 2.30. The van der Waals surface area contributed by atoms with Gasteiger partial charge in [0.05, 0.1) is 5.56 Å². The minimum absolute atomic E-state index is 0.218. The molecular formula is C11H11F3N2S. The first-order chi connectivity index (χ1) is 7.97. The molecule has 0 saturated heterocycles. The van der Waals surface area contributed by atoms with Crippen molar-refractivity contribution in [2.24, 2.45) is 5.73 Å². The number of nitrogens with two attached hydrogens (primary N) is 1. The molecule has 2 rings (SSSR count). The summed E-state index contributed by atoms with van der Waals surface area (Å²) in [7, 11) is 0. The molecule has 2 N–H and O–H groups in total. The van der Waals surface area contributed by atoms with Crippen LogP contribution in [-0.2, 0) is 12.7 Å². The van der Waals surface area contributed by atoms with Crippen molar-refractivity contribution in [3.63, 3.8) is 0 Å². The summed E-state index contributed by atoms with van der Waals surface area (Å²) in [6.07, 6.45) is -2.51.